The molecule has 1 aromatic rings. The number of piperidine rings is 1. The van der Waals surface area contributed by atoms with Gasteiger partial charge >= 0.3 is 5.97 Å². The van der Waals surface area contributed by atoms with Crippen LogP contribution in [0, 0.1) is 0 Å². The van der Waals surface area contributed by atoms with Gasteiger partial charge in [0.1, 0.15) is 17.3 Å². The van der Waals surface area contributed by atoms with Gasteiger partial charge in [0.2, 0.25) is 16.9 Å². The van der Waals surface area contributed by atoms with Gasteiger partial charge in [0.25, 0.3) is 5.91 Å². The Morgan fingerprint density at radius 1 is 1.21 bits per heavy atom. The monoisotopic (exact) mass is 481 g/mol. The molecular formula is C20H31N7O5S. The number of likely N-dealkylation sites (tertiary alicyclic amines) is 1. The zero-order chi connectivity index (χ0) is 24.6. The lowest BCUT2D eigenvalue weighted by Crippen LogP contribution is -2.52. The summed E-state index contributed by atoms with van der Waals surface area (Å²) in [6.07, 6.45) is 2.45. The van der Waals surface area contributed by atoms with Gasteiger partial charge in [-0.2, -0.15) is 4.99 Å². The molecule has 0 bridgehead atoms. The molecule has 2 rings (SSSR count). The summed E-state index contributed by atoms with van der Waals surface area (Å²) in [6.45, 7) is 5.88. The minimum atomic E-state index is -1.09. The Hall–Kier alpha value is -3.22. The van der Waals surface area contributed by atoms with Crippen LogP contribution in [0.15, 0.2) is 10.4 Å². The highest BCUT2D eigenvalue weighted by molar-refractivity contribution is 7.13. The Morgan fingerprint density at radius 2 is 1.88 bits per heavy atom. The normalized spacial score (nSPS) is 14.7. The zero-order valence-electron chi connectivity index (χ0n) is 19.1. The van der Waals surface area contributed by atoms with Crippen LogP contribution < -0.4 is 22.1 Å². The predicted octanol–water partition coefficient (Wildman–Crippen LogP) is 0.00690. The lowest BCUT2D eigenvalue weighted by atomic mass is 10.1. The largest absolute Gasteiger partial charge is 0.460 e. The van der Waals surface area contributed by atoms with Gasteiger partial charge in [-0.3, -0.25) is 19.2 Å². The molecule has 0 aliphatic carbocycles. The van der Waals surface area contributed by atoms with Crippen molar-refractivity contribution in [2.75, 3.05) is 19.6 Å². The summed E-state index contributed by atoms with van der Waals surface area (Å²) in [4.78, 5) is 59.3. The molecular weight excluding hydrogens is 450 g/mol. The molecule has 182 valence electrons. The number of nitrogens with zero attached hydrogens (tertiary/aromatic N) is 3. The summed E-state index contributed by atoms with van der Waals surface area (Å²) in [5, 5.41) is 6.62. The predicted molar refractivity (Wildman–Crippen MR) is 123 cm³/mol. The minimum absolute atomic E-state index is 0.0440. The highest BCUT2D eigenvalue weighted by atomic mass is 32.1. The molecule has 13 heteroatoms. The molecule has 12 nitrogen and oxygen atoms in total. The van der Waals surface area contributed by atoms with Crippen LogP contribution in [-0.2, 0) is 19.1 Å². The van der Waals surface area contributed by atoms with E-state index >= 15 is 0 Å². The van der Waals surface area contributed by atoms with E-state index in [-0.39, 0.29) is 29.1 Å². The third-order valence-electron chi connectivity index (χ3n) is 4.45. The van der Waals surface area contributed by atoms with E-state index in [4.69, 9.17) is 16.2 Å². The number of esters is 1. The Bertz CT molecular complexity index is 899. The molecule has 0 saturated carbocycles. The SMILES string of the molecule is CC(C)(C)OC(=O)C[C@H](NC(=O)CNC(=O)c1csc(N=C(N)N)n1)C(=O)N1CCCCC1. The van der Waals surface area contributed by atoms with Gasteiger partial charge in [0, 0.05) is 18.5 Å². The van der Waals surface area contributed by atoms with E-state index in [0.717, 1.165) is 30.6 Å². The number of aromatic nitrogens is 1. The number of rotatable bonds is 8. The van der Waals surface area contributed by atoms with E-state index in [9.17, 15) is 19.2 Å². The van der Waals surface area contributed by atoms with E-state index in [1.165, 1.54) is 5.38 Å². The zero-order valence-corrected chi connectivity index (χ0v) is 19.9. The van der Waals surface area contributed by atoms with Crippen LogP contribution >= 0.6 is 11.3 Å². The second kappa shape index (κ2) is 11.6. The number of hydrogen-bond donors (Lipinski definition) is 4. The van der Waals surface area contributed by atoms with E-state index in [2.05, 4.69) is 20.6 Å². The van der Waals surface area contributed by atoms with Crippen LogP contribution in [0.1, 0.15) is 56.9 Å². The van der Waals surface area contributed by atoms with Crippen molar-refractivity contribution in [3.8, 4) is 0 Å². The maximum absolute atomic E-state index is 13.0. The standard InChI is InChI=1S/C20H31N7O5S/c1-20(2,3)32-15(29)9-12(17(31)27-7-5-4-6-8-27)24-14(28)10-23-16(30)13-11-33-19(25-13)26-18(21)22/h11-12H,4-10H2,1-3H3,(H,23,30)(H,24,28)(H4,21,22,25,26)/t12-/m0/s1. The average Bonchev–Trinajstić information content (AvgIpc) is 3.18. The van der Waals surface area contributed by atoms with Crippen molar-refractivity contribution in [3.63, 3.8) is 0 Å². The highest BCUT2D eigenvalue weighted by Gasteiger charge is 2.31. The number of hydrogen-bond acceptors (Lipinski definition) is 8. The van der Waals surface area contributed by atoms with Crippen LogP contribution in [0.5, 0.6) is 0 Å². The Balaban J connectivity index is 1.98. The van der Waals surface area contributed by atoms with Crippen LogP contribution in [-0.4, -0.2) is 70.8 Å². The van der Waals surface area contributed by atoms with Crippen molar-refractivity contribution in [1.82, 2.24) is 20.5 Å². The summed E-state index contributed by atoms with van der Waals surface area (Å²) in [7, 11) is 0. The lowest BCUT2D eigenvalue weighted by Gasteiger charge is -2.31. The molecule has 0 aromatic carbocycles. The molecule has 1 fully saturated rings. The number of thiazole rings is 1. The topological polar surface area (TPSA) is 182 Å². The van der Waals surface area contributed by atoms with Crippen LogP contribution in [0.4, 0.5) is 5.13 Å². The molecule has 3 amide bonds. The molecule has 0 radical (unpaired) electrons. The molecule has 6 N–H and O–H groups in total. The summed E-state index contributed by atoms with van der Waals surface area (Å²) in [5.74, 6) is -2.37. The van der Waals surface area contributed by atoms with Gasteiger partial charge in [0.15, 0.2) is 5.96 Å². The van der Waals surface area contributed by atoms with E-state index in [1.54, 1.807) is 25.7 Å². The summed E-state index contributed by atoms with van der Waals surface area (Å²) in [6, 6.07) is -1.09. The van der Waals surface area contributed by atoms with Crippen molar-refractivity contribution in [1.29, 1.82) is 0 Å². The molecule has 0 spiro atoms. The summed E-state index contributed by atoms with van der Waals surface area (Å²) >= 11 is 1.06. The highest BCUT2D eigenvalue weighted by Crippen LogP contribution is 2.18. The number of nitrogens with two attached hydrogens (primary N) is 2. The summed E-state index contributed by atoms with van der Waals surface area (Å²) < 4.78 is 5.31. The maximum atomic E-state index is 13.0. The van der Waals surface area contributed by atoms with E-state index in [0.29, 0.717) is 13.1 Å². The first kappa shape index (κ1) is 26.0. The number of carbonyl (C=O) groups is 4. The molecule has 1 saturated heterocycles. The Morgan fingerprint density at radius 3 is 2.48 bits per heavy atom. The lowest BCUT2D eigenvalue weighted by molar-refractivity contribution is -0.157. The number of aliphatic imine (C=N–C) groups is 1. The number of ether oxygens (including phenoxy) is 1. The van der Waals surface area contributed by atoms with Crippen molar-refractivity contribution in [2.24, 2.45) is 16.5 Å². The molecule has 33 heavy (non-hydrogen) atoms. The number of carbonyl (C=O) groups excluding carboxylic acids is 4. The fourth-order valence-electron chi connectivity index (χ4n) is 3.11. The quantitative estimate of drug-likeness (QED) is 0.227. The number of nitrogens with one attached hydrogen (secondary N) is 2. The maximum Gasteiger partial charge on any atom is 0.308 e. The first-order valence-corrected chi connectivity index (χ1v) is 11.5. The summed E-state index contributed by atoms with van der Waals surface area (Å²) in [5.41, 5.74) is 9.88. The van der Waals surface area contributed by atoms with Crippen molar-refractivity contribution >= 4 is 46.1 Å². The van der Waals surface area contributed by atoms with Gasteiger partial charge in [-0.1, -0.05) is 0 Å². The Labute approximate surface area is 196 Å². The first-order chi connectivity index (χ1) is 15.4. The van der Waals surface area contributed by atoms with E-state index in [1.807, 2.05) is 0 Å². The van der Waals surface area contributed by atoms with Gasteiger partial charge in [-0.15, -0.1) is 11.3 Å². The van der Waals surface area contributed by atoms with Gasteiger partial charge in [-0.25, -0.2) is 4.98 Å². The first-order valence-electron chi connectivity index (χ1n) is 10.6. The molecule has 2 heterocycles. The second-order valence-electron chi connectivity index (χ2n) is 8.53. The molecule has 1 atom stereocenters. The van der Waals surface area contributed by atoms with Crippen LogP contribution in [0.3, 0.4) is 0 Å². The van der Waals surface area contributed by atoms with Gasteiger partial charge in [-0.05, 0) is 40.0 Å². The van der Waals surface area contributed by atoms with Crippen molar-refractivity contribution in [3.05, 3.63) is 11.1 Å². The molecule has 1 aliphatic rings. The number of amides is 3. The fraction of sp³-hybridized carbons (Fsp3) is 0.600. The van der Waals surface area contributed by atoms with Crippen molar-refractivity contribution < 1.29 is 23.9 Å². The number of guanidine groups is 1. The third kappa shape index (κ3) is 9.04. The smallest absolute Gasteiger partial charge is 0.308 e. The van der Waals surface area contributed by atoms with Crippen molar-refractivity contribution in [2.45, 2.75) is 58.1 Å². The molecule has 1 aliphatic heterocycles. The van der Waals surface area contributed by atoms with Gasteiger partial charge in [0.05, 0.1) is 13.0 Å². The van der Waals surface area contributed by atoms with Crippen LogP contribution in [0.2, 0.25) is 0 Å². The third-order valence-corrected chi connectivity index (χ3v) is 5.19. The molecule has 0 unspecified atom stereocenters. The van der Waals surface area contributed by atoms with Gasteiger partial charge < -0.3 is 31.7 Å². The fourth-order valence-corrected chi connectivity index (χ4v) is 3.80. The second-order valence-corrected chi connectivity index (χ2v) is 9.37. The molecule has 1 aromatic heterocycles. The van der Waals surface area contributed by atoms with E-state index < -0.39 is 36.0 Å². The average molecular weight is 482 g/mol. The minimum Gasteiger partial charge on any atom is -0.460 e. The Kier molecular flexibility index (Phi) is 9.14. The van der Waals surface area contributed by atoms with Crippen LogP contribution in [0.25, 0.3) is 0 Å².